The summed E-state index contributed by atoms with van der Waals surface area (Å²) in [4.78, 5) is 12.7. The Morgan fingerprint density at radius 3 is 2.35 bits per heavy atom. The van der Waals surface area contributed by atoms with E-state index < -0.39 is 0 Å². The van der Waals surface area contributed by atoms with Gasteiger partial charge in [0.15, 0.2) is 0 Å². The lowest BCUT2D eigenvalue weighted by molar-refractivity contribution is -0.173. The van der Waals surface area contributed by atoms with E-state index in [9.17, 15) is 4.79 Å². The predicted molar refractivity (Wildman–Crippen MR) is 78.0 cm³/mol. The summed E-state index contributed by atoms with van der Waals surface area (Å²) in [7, 11) is 0. The van der Waals surface area contributed by atoms with Crippen LogP contribution in [0.3, 0.4) is 0 Å². The maximum absolute atomic E-state index is 12.7. The molecular weight excluding hydrogens is 248 g/mol. The fourth-order valence-corrected chi connectivity index (χ4v) is 6.55. The zero-order valence-electron chi connectivity index (χ0n) is 13.3. The number of fused-ring (bicyclic) bond motifs is 9. The SMILES string of the molecule is CC(C)(C)OC(=O)C1(C)CC2CC1C1C3CCC(C3)C21. The zero-order chi connectivity index (χ0) is 14.3. The van der Waals surface area contributed by atoms with Crippen LogP contribution in [0.1, 0.15) is 59.8 Å². The van der Waals surface area contributed by atoms with Crippen molar-refractivity contribution in [3.8, 4) is 0 Å². The molecule has 4 fully saturated rings. The maximum Gasteiger partial charge on any atom is 0.312 e. The van der Waals surface area contributed by atoms with E-state index >= 15 is 0 Å². The van der Waals surface area contributed by atoms with Crippen molar-refractivity contribution >= 4 is 5.97 Å². The lowest BCUT2D eigenvalue weighted by Crippen LogP contribution is -2.45. The van der Waals surface area contributed by atoms with Gasteiger partial charge >= 0.3 is 5.97 Å². The van der Waals surface area contributed by atoms with Crippen LogP contribution < -0.4 is 0 Å². The van der Waals surface area contributed by atoms with Crippen LogP contribution in [0.4, 0.5) is 0 Å². The summed E-state index contributed by atoms with van der Waals surface area (Å²) in [5.74, 6) is 5.27. The molecule has 20 heavy (non-hydrogen) atoms. The van der Waals surface area contributed by atoms with Gasteiger partial charge in [-0.2, -0.15) is 0 Å². The second kappa shape index (κ2) is 3.81. The van der Waals surface area contributed by atoms with Crippen LogP contribution in [0.15, 0.2) is 0 Å². The van der Waals surface area contributed by atoms with Crippen LogP contribution in [-0.4, -0.2) is 11.6 Å². The van der Waals surface area contributed by atoms with E-state index in [1.807, 2.05) is 20.8 Å². The molecule has 0 aromatic rings. The van der Waals surface area contributed by atoms with Crippen LogP contribution in [-0.2, 0) is 9.53 Å². The molecule has 0 heterocycles. The minimum absolute atomic E-state index is 0.0822. The summed E-state index contributed by atoms with van der Waals surface area (Å²) in [6, 6.07) is 0. The topological polar surface area (TPSA) is 26.3 Å². The number of hydrogen-bond acceptors (Lipinski definition) is 2. The van der Waals surface area contributed by atoms with Crippen molar-refractivity contribution in [2.45, 2.75) is 65.4 Å². The molecule has 0 aliphatic heterocycles. The molecule has 2 nitrogen and oxygen atoms in total. The van der Waals surface area contributed by atoms with Gasteiger partial charge in [0.2, 0.25) is 0 Å². The Morgan fingerprint density at radius 2 is 1.70 bits per heavy atom. The first-order chi connectivity index (χ1) is 9.29. The monoisotopic (exact) mass is 276 g/mol. The van der Waals surface area contributed by atoms with Gasteiger partial charge in [-0.1, -0.05) is 0 Å². The molecule has 7 unspecified atom stereocenters. The van der Waals surface area contributed by atoms with Crippen molar-refractivity contribution in [3.05, 3.63) is 0 Å². The van der Waals surface area contributed by atoms with Gasteiger partial charge < -0.3 is 4.74 Å². The van der Waals surface area contributed by atoms with Crippen LogP contribution in [0, 0.1) is 40.9 Å². The molecule has 4 saturated carbocycles. The fourth-order valence-electron chi connectivity index (χ4n) is 6.55. The molecule has 0 N–H and O–H groups in total. The maximum atomic E-state index is 12.7. The number of carbonyl (C=O) groups excluding carboxylic acids is 1. The molecule has 7 atom stereocenters. The number of ether oxygens (including phenoxy) is 1. The van der Waals surface area contributed by atoms with Crippen LogP contribution >= 0.6 is 0 Å². The molecule has 0 aromatic heterocycles. The smallest absolute Gasteiger partial charge is 0.312 e. The molecule has 0 saturated heterocycles. The molecule has 4 aliphatic carbocycles. The Bertz CT molecular complexity index is 449. The first-order valence-corrected chi connectivity index (χ1v) is 8.53. The Hall–Kier alpha value is -0.530. The number of rotatable bonds is 1. The highest BCUT2D eigenvalue weighted by Crippen LogP contribution is 2.72. The summed E-state index contributed by atoms with van der Waals surface area (Å²) < 4.78 is 5.77. The first-order valence-electron chi connectivity index (χ1n) is 8.53. The normalized spacial score (nSPS) is 52.4. The van der Waals surface area contributed by atoms with Gasteiger partial charge in [0.1, 0.15) is 5.60 Å². The number of hydrogen-bond donors (Lipinski definition) is 0. The summed E-state index contributed by atoms with van der Waals surface area (Å²) in [5.41, 5.74) is -0.542. The molecule has 112 valence electrons. The third kappa shape index (κ3) is 1.60. The van der Waals surface area contributed by atoms with E-state index in [1.54, 1.807) is 0 Å². The molecular formula is C18H28O2. The van der Waals surface area contributed by atoms with Gasteiger partial charge in [-0.25, -0.2) is 0 Å². The largest absolute Gasteiger partial charge is 0.460 e. The van der Waals surface area contributed by atoms with E-state index in [0.29, 0.717) is 5.92 Å². The Kier molecular flexibility index (Phi) is 2.51. The molecule has 4 aliphatic rings. The molecule has 4 bridgehead atoms. The van der Waals surface area contributed by atoms with Crippen molar-refractivity contribution in [1.82, 2.24) is 0 Å². The minimum Gasteiger partial charge on any atom is -0.460 e. The lowest BCUT2D eigenvalue weighted by atomic mass is 9.61. The van der Waals surface area contributed by atoms with Gasteiger partial charge in [0.05, 0.1) is 5.41 Å². The van der Waals surface area contributed by atoms with Crippen LogP contribution in [0.2, 0.25) is 0 Å². The van der Waals surface area contributed by atoms with E-state index in [-0.39, 0.29) is 17.0 Å². The summed E-state index contributed by atoms with van der Waals surface area (Å²) >= 11 is 0. The minimum atomic E-state index is -0.351. The van der Waals surface area contributed by atoms with Crippen molar-refractivity contribution < 1.29 is 9.53 Å². The highest BCUT2D eigenvalue weighted by molar-refractivity contribution is 5.78. The second-order valence-electron chi connectivity index (χ2n) is 9.21. The van der Waals surface area contributed by atoms with E-state index in [1.165, 1.54) is 25.7 Å². The van der Waals surface area contributed by atoms with Crippen molar-refractivity contribution in [2.75, 3.05) is 0 Å². The summed E-state index contributed by atoms with van der Waals surface area (Å²) in [5, 5.41) is 0. The zero-order valence-corrected chi connectivity index (χ0v) is 13.3. The predicted octanol–water partition coefficient (Wildman–Crippen LogP) is 4.04. The van der Waals surface area contributed by atoms with Crippen molar-refractivity contribution in [3.63, 3.8) is 0 Å². The third-order valence-electron chi connectivity index (χ3n) is 6.98. The Morgan fingerprint density at radius 1 is 1.05 bits per heavy atom. The molecule has 4 rings (SSSR count). The summed E-state index contributed by atoms with van der Waals surface area (Å²) in [6.45, 7) is 8.17. The van der Waals surface area contributed by atoms with Gasteiger partial charge in [-0.05, 0) is 95.3 Å². The fraction of sp³-hybridized carbons (Fsp3) is 0.944. The van der Waals surface area contributed by atoms with Gasteiger partial charge in [-0.15, -0.1) is 0 Å². The van der Waals surface area contributed by atoms with E-state index in [4.69, 9.17) is 4.74 Å². The highest BCUT2D eigenvalue weighted by Gasteiger charge is 2.67. The van der Waals surface area contributed by atoms with E-state index in [0.717, 1.165) is 36.0 Å². The van der Waals surface area contributed by atoms with Crippen molar-refractivity contribution in [1.29, 1.82) is 0 Å². The first kappa shape index (κ1) is 13.2. The quantitative estimate of drug-likeness (QED) is 0.534. The van der Waals surface area contributed by atoms with Gasteiger partial charge in [0.25, 0.3) is 0 Å². The standard InChI is InChI=1S/C18H28O2/c1-17(2,3)20-16(19)18(4)9-12-8-13(18)15-11-6-5-10(7-11)14(12)15/h10-15H,5-9H2,1-4H3. The number of carbonyl (C=O) groups is 1. The summed E-state index contributed by atoms with van der Waals surface area (Å²) in [6.07, 6.45) is 6.76. The number of esters is 1. The molecule has 0 spiro atoms. The van der Waals surface area contributed by atoms with E-state index in [2.05, 4.69) is 6.92 Å². The Balaban J connectivity index is 1.59. The molecule has 2 heteroatoms. The second-order valence-corrected chi connectivity index (χ2v) is 9.21. The van der Waals surface area contributed by atoms with Crippen LogP contribution in [0.5, 0.6) is 0 Å². The van der Waals surface area contributed by atoms with Gasteiger partial charge in [0, 0.05) is 0 Å². The van der Waals surface area contributed by atoms with Gasteiger partial charge in [-0.3, -0.25) is 4.79 Å². The lowest BCUT2D eigenvalue weighted by Gasteiger charge is -2.44. The highest BCUT2D eigenvalue weighted by atomic mass is 16.6. The third-order valence-corrected chi connectivity index (χ3v) is 6.98. The van der Waals surface area contributed by atoms with Crippen molar-refractivity contribution in [2.24, 2.45) is 40.9 Å². The molecule has 0 aromatic carbocycles. The van der Waals surface area contributed by atoms with Crippen LogP contribution in [0.25, 0.3) is 0 Å². The molecule has 0 radical (unpaired) electrons. The molecule has 0 amide bonds. The average molecular weight is 276 g/mol. The average Bonchev–Trinajstić information content (AvgIpc) is 3.02. The Labute approximate surface area is 122 Å².